The van der Waals surface area contributed by atoms with Crippen LogP contribution in [0.15, 0.2) is 16.6 Å². The van der Waals surface area contributed by atoms with E-state index in [0.717, 1.165) is 5.56 Å². The van der Waals surface area contributed by atoms with Crippen LogP contribution in [0.3, 0.4) is 0 Å². The van der Waals surface area contributed by atoms with Gasteiger partial charge < -0.3 is 4.74 Å². The van der Waals surface area contributed by atoms with Crippen molar-refractivity contribution >= 4 is 15.9 Å². The van der Waals surface area contributed by atoms with E-state index in [0.29, 0.717) is 16.1 Å². The van der Waals surface area contributed by atoms with Crippen molar-refractivity contribution in [2.75, 3.05) is 7.11 Å². The third kappa shape index (κ3) is 1.70. The molecule has 70 valence electrons. The molecule has 0 N–H and O–H groups in total. The Kier molecular flexibility index (Phi) is 2.28. The van der Waals surface area contributed by atoms with Crippen LogP contribution in [-0.2, 0) is 0 Å². The Morgan fingerprint density at radius 1 is 1.46 bits per heavy atom. The van der Waals surface area contributed by atoms with Crippen molar-refractivity contribution in [3.63, 3.8) is 0 Å². The van der Waals surface area contributed by atoms with Crippen molar-refractivity contribution in [3.05, 3.63) is 28.0 Å². The first-order valence-corrected chi connectivity index (χ1v) is 5.04. The van der Waals surface area contributed by atoms with E-state index < -0.39 is 0 Å². The first kappa shape index (κ1) is 9.00. The van der Waals surface area contributed by atoms with Crippen LogP contribution in [0.25, 0.3) is 0 Å². The highest BCUT2D eigenvalue weighted by molar-refractivity contribution is 9.10. The number of methoxy groups -OCH3 is 1. The summed E-state index contributed by atoms with van der Waals surface area (Å²) in [5.41, 5.74) is 1.07. The van der Waals surface area contributed by atoms with E-state index in [1.54, 1.807) is 6.07 Å². The predicted molar refractivity (Wildman–Crippen MR) is 52.6 cm³/mol. The van der Waals surface area contributed by atoms with Crippen molar-refractivity contribution in [1.29, 1.82) is 0 Å². The quantitative estimate of drug-likeness (QED) is 0.775. The fourth-order valence-electron chi connectivity index (χ4n) is 1.43. The summed E-state index contributed by atoms with van der Waals surface area (Å²) in [4.78, 5) is 0. The molecule has 0 heterocycles. The van der Waals surface area contributed by atoms with Crippen molar-refractivity contribution in [1.82, 2.24) is 0 Å². The molecule has 0 radical (unpaired) electrons. The van der Waals surface area contributed by atoms with Gasteiger partial charge in [-0.2, -0.15) is 0 Å². The first-order chi connectivity index (χ1) is 6.22. The van der Waals surface area contributed by atoms with Crippen molar-refractivity contribution < 1.29 is 9.13 Å². The molecule has 0 saturated heterocycles. The maximum absolute atomic E-state index is 13.3. The Balaban J connectivity index is 2.42. The third-order valence-electron chi connectivity index (χ3n) is 2.27. The van der Waals surface area contributed by atoms with Crippen LogP contribution >= 0.6 is 15.9 Å². The molecule has 1 aliphatic rings. The van der Waals surface area contributed by atoms with Gasteiger partial charge in [-0.25, -0.2) is 4.39 Å². The van der Waals surface area contributed by atoms with Gasteiger partial charge in [0.15, 0.2) is 11.6 Å². The van der Waals surface area contributed by atoms with E-state index in [4.69, 9.17) is 4.74 Å². The Hall–Kier alpha value is -0.570. The maximum atomic E-state index is 13.3. The Bertz CT molecular complexity index is 311. The van der Waals surface area contributed by atoms with Gasteiger partial charge in [-0.3, -0.25) is 0 Å². The third-order valence-corrected chi connectivity index (χ3v) is 2.86. The summed E-state index contributed by atoms with van der Waals surface area (Å²) in [6.07, 6.45) is 2.36. The highest BCUT2D eigenvalue weighted by atomic mass is 79.9. The molecule has 1 aliphatic carbocycles. The largest absolute Gasteiger partial charge is 0.492 e. The van der Waals surface area contributed by atoms with E-state index in [1.807, 2.05) is 6.07 Å². The molecule has 1 fully saturated rings. The van der Waals surface area contributed by atoms with Crippen LogP contribution in [0, 0.1) is 5.82 Å². The zero-order valence-corrected chi connectivity index (χ0v) is 8.90. The summed E-state index contributed by atoms with van der Waals surface area (Å²) in [6.45, 7) is 0. The van der Waals surface area contributed by atoms with Crippen LogP contribution in [0.2, 0.25) is 0 Å². The second-order valence-corrected chi connectivity index (χ2v) is 4.15. The normalized spacial score (nSPS) is 15.9. The van der Waals surface area contributed by atoms with Gasteiger partial charge >= 0.3 is 0 Å². The van der Waals surface area contributed by atoms with E-state index in [9.17, 15) is 4.39 Å². The molecule has 1 aromatic carbocycles. The van der Waals surface area contributed by atoms with E-state index in [1.165, 1.54) is 20.0 Å². The van der Waals surface area contributed by atoms with Crippen molar-refractivity contribution in [2.45, 2.75) is 18.8 Å². The van der Waals surface area contributed by atoms with Crippen LogP contribution in [0.5, 0.6) is 5.75 Å². The lowest BCUT2D eigenvalue weighted by molar-refractivity contribution is 0.383. The minimum absolute atomic E-state index is 0.279. The molecule has 2 rings (SSSR count). The van der Waals surface area contributed by atoms with Gasteiger partial charge in [-0.15, -0.1) is 0 Å². The number of halogens is 2. The van der Waals surface area contributed by atoms with Crippen LogP contribution in [-0.4, -0.2) is 7.11 Å². The van der Waals surface area contributed by atoms with Gasteiger partial charge in [-0.05, 0) is 52.4 Å². The summed E-state index contributed by atoms with van der Waals surface area (Å²) in [6, 6.07) is 3.51. The minimum atomic E-state index is -0.279. The Morgan fingerprint density at radius 2 is 2.15 bits per heavy atom. The maximum Gasteiger partial charge on any atom is 0.168 e. The lowest BCUT2D eigenvalue weighted by Gasteiger charge is -2.06. The molecule has 0 aliphatic heterocycles. The molecule has 0 spiro atoms. The van der Waals surface area contributed by atoms with E-state index in [-0.39, 0.29) is 5.82 Å². The number of hydrogen-bond donors (Lipinski definition) is 0. The number of rotatable bonds is 2. The Labute approximate surface area is 85.0 Å². The van der Waals surface area contributed by atoms with Crippen LogP contribution in [0.4, 0.5) is 4.39 Å². The smallest absolute Gasteiger partial charge is 0.168 e. The summed E-state index contributed by atoms with van der Waals surface area (Å²) < 4.78 is 19.0. The summed E-state index contributed by atoms with van der Waals surface area (Å²) in [5.74, 6) is 0.583. The molecule has 0 unspecified atom stereocenters. The molecular formula is C10H10BrFO. The lowest BCUT2D eigenvalue weighted by Crippen LogP contribution is -1.91. The standard InChI is InChI=1S/C10H10BrFO/c1-13-10-8(11)4-7(5-9(10)12)6-2-3-6/h4-6H,2-3H2,1H3. The topological polar surface area (TPSA) is 9.23 Å². The molecule has 0 bridgehead atoms. The average molecular weight is 245 g/mol. The van der Waals surface area contributed by atoms with Gasteiger partial charge in [0, 0.05) is 0 Å². The van der Waals surface area contributed by atoms with Crippen LogP contribution in [0.1, 0.15) is 24.3 Å². The van der Waals surface area contributed by atoms with Gasteiger partial charge in [0.1, 0.15) is 0 Å². The SMILES string of the molecule is COc1c(F)cc(C2CC2)cc1Br. The first-order valence-electron chi connectivity index (χ1n) is 4.25. The van der Waals surface area contributed by atoms with E-state index >= 15 is 0 Å². The highest BCUT2D eigenvalue weighted by Gasteiger charge is 2.25. The zero-order chi connectivity index (χ0) is 9.42. The molecule has 3 heteroatoms. The van der Waals surface area contributed by atoms with Crippen LogP contribution < -0.4 is 4.74 Å². The monoisotopic (exact) mass is 244 g/mol. The summed E-state index contributed by atoms with van der Waals surface area (Å²) in [5, 5.41) is 0. The summed E-state index contributed by atoms with van der Waals surface area (Å²) in [7, 11) is 1.47. The molecule has 0 amide bonds. The molecular weight excluding hydrogens is 235 g/mol. The second-order valence-electron chi connectivity index (χ2n) is 3.29. The number of benzene rings is 1. The molecule has 13 heavy (non-hydrogen) atoms. The molecule has 1 aromatic rings. The minimum Gasteiger partial charge on any atom is -0.492 e. The molecule has 0 aromatic heterocycles. The fourth-order valence-corrected chi connectivity index (χ4v) is 2.04. The molecule has 0 atom stereocenters. The highest BCUT2D eigenvalue weighted by Crippen LogP contribution is 2.43. The average Bonchev–Trinajstić information content (AvgIpc) is 2.85. The zero-order valence-electron chi connectivity index (χ0n) is 7.31. The van der Waals surface area contributed by atoms with Gasteiger partial charge in [0.2, 0.25) is 0 Å². The van der Waals surface area contributed by atoms with E-state index in [2.05, 4.69) is 15.9 Å². The van der Waals surface area contributed by atoms with Gasteiger partial charge in [0.05, 0.1) is 11.6 Å². The molecule has 1 saturated carbocycles. The molecule has 1 nitrogen and oxygen atoms in total. The fraction of sp³-hybridized carbons (Fsp3) is 0.400. The van der Waals surface area contributed by atoms with Crippen molar-refractivity contribution in [3.8, 4) is 5.75 Å². The lowest BCUT2D eigenvalue weighted by atomic mass is 10.1. The Morgan fingerprint density at radius 3 is 2.62 bits per heavy atom. The van der Waals surface area contributed by atoms with Gasteiger partial charge in [-0.1, -0.05) is 0 Å². The van der Waals surface area contributed by atoms with Gasteiger partial charge in [0.25, 0.3) is 0 Å². The number of ether oxygens (including phenoxy) is 1. The number of hydrogen-bond acceptors (Lipinski definition) is 1. The summed E-state index contributed by atoms with van der Waals surface area (Å²) >= 11 is 3.29. The second kappa shape index (κ2) is 3.29. The van der Waals surface area contributed by atoms with Crippen molar-refractivity contribution in [2.24, 2.45) is 0 Å². The predicted octanol–water partition coefficient (Wildman–Crippen LogP) is 3.47.